The minimum absolute atomic E-state index is 0.0660. The Kier molecular flexibility index (Phi) is 5.26. The average Bonchev–Trinajstić information content (AvgIpc) is 2.88. The topological polar surface area (TPSA) is 40.5 Å². The summed E-state index contributed by atoms with van der Waals surface area (Å²) in [6, 6.07) is 5.72. The fraction of sp³-hybridized carbons (Fsp3) is 0.562. The number of carbonyl (C=O) groups excluding carboxylic acids is 1. The molecular formula is C16H22FNO2. The van der Waals surface area contributed by atoms with Crippen LogP contribution < -0.4 is 0 Å². The molecule has 0 amide bonds. The number of ketones is 1. The van der Waals surface area contributed by atoms with Crippen molar-refractivity contribution in [2.75, 3.05) is 19.6 Å². The molecule has 1 heterocycles. The first-order chi connectivity index (χ1) is 9.56. The molecule has 1 aliphatic rings. The molecule has 3 nitrogen and oxygen atoms in total. The summed E-state index contributed by atoms with van der Waals surface area (Å²) in [6.45, 7) is 4.64. The maximum absolute atomic E-state index is 12.8. The van der Waals surface area contributed by atoms with E-state index in [1.807, 2.05) is 6.92 Å². The maximum atomic E-state index is 12.8. The first-order valence-electron chi connectivity index (χ1n) is 7.25. The molecule has 2 unspecified atom stereocenters. The van der Waals surface area contributed by atoms with Gasteiger partial charge in [-0.15, -0.1) is 0 Å². The van der Waals surface area contributed by atoms with E-state index in [1.165, 1.54) is 24.3 Å². The number of halogens is 1. The van der Waals surface area contributed by atoms with Crippen molar-refractivity contribution >= 4 is 5.78 Å². The molecule has 2 rings (SSSR count). The monoisotopic (exact) mass is 279 g/mol. The highest BCUT2D eigenvalue weighted by Crippen LogP contribution is 2.20. The predicted octanol–water partition coefficient (Wildman–Crippen LogP) is 2.49. The van der Waals surface area contributed by atoms with Crippen molar-refractivity contribution < 1.29 is 14.3 Å². The molecule has 0 aromatic heterocycles. The first kappa shape index (κ1) is 15.1. The third kappa shape index (κ3) is 4.12. The second-order valence-electron chi connectivity index (χ2n) is 5.62. The van der Waals surface area contributed by atoms with Gasteiger partial charge in [-0.3, -0.25) is 4.79 Å². The Morgan fingerprint density at radius 3 is 2.75 bits per heavy atom. The van der Waals surface area contributed by atoms with Gasteiger partial charge in [0.1, 0.15) is 5.82 Å². The zero-order valence-corrected chi connectivity index (χ0v) is 11.9. The molecule has 1 aromatic carbocycles. The van der Waals surface area contributed by atoms with Crippen LogP contribution in [0.4, 0.5) is 4.39 Å². The van der Waals surface area contributed by atoms with E-state index in [0.29, 0.717) is 17.9 Å². The van der Waals surface area contributed by atoms with E-state index in [1.54, 1.807) is 0 Å². The standard InChI is InChI=1S/C16H22FNO2/c1-12(19)14-8-10-18(11-14)9-2-3-16(20)13-4-6-15(17)7-5-13/h4-7,12,14,19H,2-3,8-11H2,1H3. The Hall–Kier alpha value is -1.26. The van der Waals surface area contributed by atoms with Crippen molar-refractivity contribution in [1.82, 2.24) is 4.90 Å². The van der Waals surface area contributed by atoms with Crippen molar-refractivity contribution in [1.29, 1.82) is 0 Å². The van der Waals surface area contributed by atoms with E-state index in [-0.39, 0.29) is 17.7 Å². The predicted molar refractivity (Wildman–Crippen MR) is 76.2 cm³/mol. The molecule has 0 bridgehead atoms. The van der Waals surface area contributed by atoms with E-state index < -0.39 is 0 Å². The minimum Gasteiger partial charge on any atom is -0.393 e. The van der Waals surface area contributed by atoms with Gasteiger partial charge in [0.25, 0.3) is 0 Å². The van der Waals surface area contributed by atoms with E-state index in [2.05, 4.69) is 4.90 Å². The number of aliphatic hydroxyl groups is 1. The number of aliphatic hydroxyl groups excluding tert-OH is 1. The van der Waals surface area contributed by atoms with Gasteiger partial charge in [-0.25, -0.2) is 4.39 Å². The molecule has 1 fully saturated rings. The van der Waals surface area contributed by atoms with Crippen LogP contribution in [-0.2, 0) is 0 Å². The molecule has 20 heavy (non-hydrogen) atoms. The van der Waals surface area contributed by atoms with Crippen LogP contribution in [0.1, 0.15) is 36.5 Å². The summed E-state index contributed by atoms with van der Waals surface area (Å²) >= 11 is 0. The van der Waals surface area contributed by atoms with E-state index in [0.717, 1.165) is 32.5 Å². The summed E-state index contributed by atoms with van der Waals surface area (Å²) in [6.07, 6.45) is 2.08. The van der Waals surface area contributed by atoms with Gasteiger partial charge >= 0.3 is 0 Å². The van der Waals surface area contributed by atoms with Crippen molar-refractivity contribution in [3.8, 4) is 0 Å². The summed E-state index contributed by atoms with van der Waals surface area (Å²) in [7, 11) is 0. The van der Waals surface area contributed by atoms with Gasteiger partial charge in [0.05, 0.1) is 6.10 Å². The zero-order valence-electron chi connectivity index (χ0n) is 11.9. The van der Waals surface area contributed by atoms with Gasteiger partial charge in [-0.1, -0.05) is 0 Å². The van der Waals surface area contributed by atoms with Crippen LogP contribution in [0, 0.1) is 11.7 Å². The highest BCUT2D eigenvalue weighted by molar-refractivity contribution is 5.95. The second-order valence-corrected chi connectivity index (χ2v) is 5.62. The van der Waals surface area contributed by atoms with Gasteiger partial charge in [0, 0.05) is 18.5 Å². The average molecular weight is 279 g/mol. The number of benzene rings is 1. The smallest absolute Gasteiger partial charge is 0.162 e. The summed E-state index contributed by atoms with van der Waals surface area (Å²) in [5, 5.41) is 9.54. The fourth-order valence-corrected chi connectivity index (χ4v) is 2.70. The molecule has 0 aliphatic carbocycles. The molecular weight excluding hydrogens is 257 g/mol. The highest BCUT2D eigenvalue weighted by atomic mass is 19.1. The second kappa shape index (κ2) is 6.95. The molecule has 0 spiro atoms. The molecule has 110 valence electrons. The first-order valence-corrected chi connectivity index (χ1v) is 7.25. The van der Waals surface area contributed by atoms with Crippen LogP contribution >= 0.6 is 0 Å². The number of likely N-dealkylation sites (tertiary alicyclic amines) is 1. The van der Waals surface area contributed by atoms with E-state index >= 15 is 0 Å². The quantitative estimate of drug-likeness (QED) is 0.813. The van der Waals surface area contributed by atoms with Crippen molar-refractivity contribution in [2.24, 2.45) is 5.92 Å². The number of carbonyl (C=O) groups is 1. The molecule has 4 heteroatoms. The van der Waals surface area contributed by atoms with Crippen LogP contribution in [0.3, 0.4) is 0 Å². The molecule has 0 saturated carbocycles. The number of rotatable bonds is 6. The molecule has 2 atom stereocenters. The van der Waals surface area contributed by atoms with Crippen molar-refractivity contribution in [3.63, 3.8) is 0 Å². The molecule has 1 saturated heterocycles. The molecule has 1 N–H and O–H groups in total. The lowest BCUT2D eigenvalue weighted by molar-refractivity contribution is 0.0973. The lowest BCUT2D eigenvalue weighted by Crippen LogP contribution is -2.25. The van der Waals surface area contributed by atoms with Crippen LogP contribution in [0.15, 0.2) is 24.3 Å². The Morgan fingerprint density at radius 2 is 2.15 bits per heavy atom. The van der Waals surface area contributed by atoms with E-state index in [9.17, 15) is 14.3 Å². The van der Waals surface area contributed by atoms with Crippen molar-refractivity contribution in [2.45, 2.75) is 32.3 Å². The number of Topliss-reactive ketones (excluding diaryl/α,β-unsaturated/α-hetero) is 1. The lowest BCUT2D eigenvalue weighted by atomic mass is 10.0. The van der Waals surface area contributed by atoms with Crippen LogP contribution in [-0.4, -0.2) is 41.5 Å². The Labute approximate surface area is 119 Å². The summed E-state index contributed by atoms with van der Waals surface area (Å²) in [5.41, 5.74) is 0.578. The van der Waals surface area contributed by atoms with Gasteiger partial charge in [-0.05, 0) is 63.0 Å². The third-order valence-electron chi connectivity index (χ3n) is 4.04. The summed E-state index contributed by atoms with van der Waals surface area (Å²) in [5.74, 6) is 0.113. The highest BCUT2D eigenvalue weighted by Gasteiger charge is 2.25. The number of nitrogens with zero attached hydrogens (tertiary/aromatic N) is 1. The van der Waals surface area contributed by atoms with E-state index in [4.69, 9.17) is 0 Å². The van der Waals surface area contributed by atoms with Gasteiger partial charge in [0.15, 0.2) is 5.78 Å². The van der Waals surface area contributed by atoms with Crippen LogP contribution in [0.25, 0.3) is 0 Å². The summed E-state index contributed by atoms with van der Waals surface area (Å²) in [4.78, 5) is 14.2. The van der Waals surface area contributed by atoms with Gasteiger partial charge < -0.3 is 10.0 Å². The summed E-state index contributed by atoms with van der Waals surface area (Å²) < 4.78 is 12.8. The van der Waals surface area contributed by atoms with Gasteiger partial charge in [-0.2, -0.15) is 0 Å². The fourth-order valence-electron chi connectivity index (χ4n) is 2.70. The largest absolute Gasteiger partial charge is 0.393 e. The maximum Gasteiger partial charge on any atom is 0.162 e. The Morgan fingerprint density at radius 1 is 1.45 bits per heavy atom. The molecule has 1 aliphatic heterocycles. The number of hydrogen-bond acceptors (Lipinski definition) is 3. The van der Waals surface area contributed by atoms with Crippen LogP contribution in [0.2, 0.25) is 0 Å². The minimum atomic E-state index is -0.317. The Bertz CT molecular complexity index is 444. The Balaban J connectivity index is 1.71. The third-order valence-corrected chi connectivity index (χ3v) is 4.04. The lowest BCUT2D eigenvalue weighted by Gasteiger charge is -2.16. The molecule has 1 aromatic rings. The SMILES string of the molecule is CC(O)C1CCN(CCCC(=O)c2ccc(F)cc2)C1. The number of hydrogen-bond donors (Lipinski definition) is 1. The normalized spacial score (nSPS) is 21.1. The van der Waals surface area contributed by atoms with Crippen molar-refractivity contribution in [3.05, 3.63) is 35.6 Å². The molecule has 0 radical (unpaired) electrons. The van der Waals surface area contributed by atoms with Crippen LogP contribution in [0.5, 0.6) is 0 Å². The zero-order chi connectivity index (χ0) is 14.5. The van der Waals surface area contributed by atoms with Gasteiger partial charge in [0.2, 0.25) is 0 Å².